The molecule has 3 nitrogen and oxygen atoms in total. The van der Waals surface area contributed by atoms with E-state index in [2.05, 4.69) is 5.32 Å². The van der Waals surface area contributed by atoms with E-state index in [1.165, 1.54) is 5.56 Å². The van der Waals surface area contributed by atoms with Gasteiger partial charge in [-0.3, -0.25) is 4.79 Å². The Hall–Kier alpha value is -1.61. The Bertz CT molecular complexity index is 468. The smallest absolute Gasteiger partial charge is 0.244 e. The predicted molar refractivity (Wildman–Crippen MR) is 76.6 cm³/mol. The zero-order valence-corrected chi connectivity index (χ0v) is 11.3. The third-order valence-electron chi connectivity index (χ3n) is 3.63. The van der Waals surface area contributed by atoms with Crippen molar-refractivity contribution in [3.05, 3.63) is 41.5 Å². The fraction of sp³-hybridized carbons (Fsp3) is 0.438. The van der Waals surface area contributed by atoms with Crippen molar-refractivity contribution in [1.82, 2.24) is 5.32 Å². The second-order valence-electron chi connectivity index (χ2n) is 5.25. The topological polar surface area (TPSA) is 49.3 Å². The molecule has 1 fully saturated rings. The average Bonchev–Trinajstić information content (AvgIpc) is 2.80. The van der Waals surface area contributed by atoms with Gasteiger partial charge in [0.1, 0.15) is 0 Å². The molecule has 1 aliphatic rings. The maximum atomic E-state index is 11.7. The van der Waals surface area contributed by atoms with Crippen LogP contribution in [0.25, 0.3) is 6.08 Å². The van der Waals surface area contributed by atoms with E-state index in [4.69, 9.17) is 0 Å². The third-order valence-corrected chi connectivity index (χ3v) is 3.63. The van der Waals surface area contributed by atoms with E-state index in [-0.39, 0.29) is 17.9 Å². The summed E-state index contributed by atoms with van der Waals surface area (Å²) in [5, 5.41) is 12.5. The Labute approximate surface area is 114 Å². The van der Waals surface area contributed by atoms with Crippen molar-refractivity contribution in [2.75, 3.05) is 6.54 Å². The lowest BCUT2D eigenvalue weighted by molar-refractivity contribution is -0.116. The fourth-order valence-corrected chi connectivity index (χ4v) is 2.49. The minimum Gasteiger partial charge on any atom is -0.393 e. The van der Waals surface area contributed by atoms with Crippen molar-refractivity contribution in [1.29, 1.82) is 0 Å². The molecule has 2 atom stereocenters. The molecular weight excluding hydrogens is 238 g/mol. The lowest BCUT2D eigenvalue weighted by Crippen LogP contribution is -2.31. The van der Waals surface area contributed by atoms with E-state index in [0.29, 0.717) is 6.54 Å². The van der Waals surface area contributed by atoms with Crippen LogP contribution < -0.4 is 5.32 Å². The monoisotopic (exact) mass is 259 g/mol. The van der Waals surface area contributed by atoms with E-state index < -0.39 is 0 Å². The lowest BCUT2D eigenvalue weighted by Gasteiger charge is -2.13. The summed E-state index contributed by atoms with van der Waals surface area (Å²) in [6.07, 6.45) is 6.04. The summed E-state index contributed by atoms with van der Waals surface area (Å²) in [6.45, 7) is 2.59. The zero-order chi connectivity index (χ0) is 13.7. The van der Waals surface area contributed by atoms with Crippen LogP contribution in [-0.4, -0.2) is 23.7 Å². The molecule has 0 aromatic heterocycles. The van der Waals surface area contributed by atoms with Gasteiger partial charge >= 0.3 is 0 Å². The van der Waals surface area contributed by atoms with Crippen LogP contribution in [0.1, 0.15) is 30.4 Å². The highest BCUT2D eigenvalue weighted by atomic mass is 16.3. The highest BCUT2D eigenvalue weighted by Gasteiger charge is 2.24. The van der Waals surface area contributed by atoms with E-state index in [1.807, 2.05) is 37.3 Å². The third kappa shape index (κ3) is 4.21. The molecule has 1 amide bonds. The number of aliphatic hydroxyl groups excluding tert-OH is 1. The molecule has 3 heteroatoms. The Morgan fingerprint density at radius 3 is 3.00 bits per heavy atom. The van der Waals surface area contributed by atoms with Crippen LogP contribution >= 0.6 is 0 Å². The highest BCUT2D eigenvalue weighted by Crippen LogP contribution is 2.24. The molecule has 0 saturated heterocycles. The van der Waals surface area contributed by atoms with Gasteiger partial charge in [-0.2, -0.15) is 0 Å². The van der Waals surface area contributed by atoms with Gasteiger partial charge in [-0.1, -0.05) is 36.2 Å². The molecule has 1 aromatic carbocycles. The number of hydrogen-bond donors (Lipinski definition) is 2. The van der Waals surface area contributed by atoms with Crippen LogP contribution in [0, 0.1) is 12.8 Å². The molecule has 102 valence electrons. The van der Waals surface area contributed by atoms with Gasteiger partial charge < -0.3 is 10.4 Å². The maximum Gasteiger partial charge on any atom is 0.244 e. The quantitative estimate of drug-likeness (QED) is 0.815. The number of benzene rings is 1. The molecule has 1 saturated carbocycles. The molecule has 1 aliphatic carbocycles. The number of carbonyl (C=O) groups is 1. The normalized spacial score (nSPS) is 22.8. The summed E-state index contributed by atoms with van der Waals surface area (Å²) in [5.41, 5.74) is 2.20. The molecule has 0 spiro atoms. The number of amides is 1. The van der Waals surface area contributed by atoms with Gasteiger partial charge in [0.2, 0.25) is 5.91 Å². The first kappa shape index (κ1) is 13.8. The van der Waals surface area contributed by atoms with Crippen molar-refractivity contribution in [2.24, 2.45) is 5.92 Å². The van der Waals surface area contributed by atoms with Gasteiger partial charge in [0.15, 0.2) is 0 Å². The maximum absolute atomic E-state index is 11.7. The summed E-state index contributed by atoms with van der Waals surface area (Å²) in [7, 11) is 0. The van der Waals surface area contributed by atoms with Gasteiger partial charge in [0, 0.05) is 18.5 Å². The molecule has 0 aliphatic heterocycles. The highest BCUT2D eigenvalue weighted by molar-refractivity contribution is 5.91. The minimum atomic E-state index is -0.249. The second-order valence-corrected chi connectivity index (χ2v) is 5.25. The number of aryl methyl sites for hydroxylation is 1. The molecule has 0 heterocycles. The van der Waals surface area contributed by atoms with Gasteiger partial charge in [0.25, 0.3) is 0 Å². The Balaban J connectivity index is 1.81. The van der Waals surface area contributed by atoms with Gasteiger partial charge in [-0.15, -0.1) is 0 Å². The number of rotatable bonds is 4. The Morgan fingerprint density at radius 2 is 2.32 bits per heavy atom. The van der Waals surface area contributed by atoms with Crippen molar-refractivity contribution >= 4 is 12.0 Å². The first-order valence-corrected chi connectivity index (χ1v) is 6.86. The van der Waals surface area contributed by atoms with Crippen LogP contribution in [0.4, 0.5) is 0 Å². The molecular formula is C16H21NO2. The van der Waals surface area contributed by atoms with E-state index in [0.717, 1.165) is 24.8 Å². The first-order valence-electron chi connectivity index (χ1n) is 6.86. The average molecular weight is 259 g/mol. The van der Waals surface area contributed by atoms with Gasteiger partial charge in [-0.25, -0.2) is 0 Å². The van der Waals surface area contributed by atoms with Crippen LogP contribution in [0.5, 0.6) is 0 Å². The zero-order valence-electron chi connectivity index (χ0n) is 11.3. The number of nitrogens with one attached hydrogen (secondary N) is 1. The summed E-state index contributed by atoms with van der Waals surface area (Å²) < 4.78 is 0. The number of carbonyl (C=O) groups excluding carboxylic acids is 1. The second kappa shape index (κ2) is 6.53. The predicted octanol–water partition coefficient (Wildman–Crippen LogP) is 2.29. The van der Waals surface area contributed by atoms with E-state index >= 15 is 0 Å². The molecule has 19 heavy (non-hydrogen) atoms. The van der Waals surface area contributed by atoms with E-state index in [9.17, 15) is 9.90 Å². The summed E-state index contributed by atoms with van der Waals surface area (Å²) >= 11 is 0. The molecule has 2 rings (SSSR count). The number of aliphatic hydroxyl groups is 1. The van der Waals surface area contributed by atoms with Crippen LogP contribution in [-0.2, 0) is 4.79 Å². The van der Waals surface area contributed by atoms with Crippen molar-refractivity contribution in [3.63, 3.8) is 0 Å². The van der Waals surface area contributed by atoms with Gasteiger partial charge in [0.05, 0.1) is 6.10 Å². The van der Waals surface area contributed by atoms with Crippen molar-refractivity contribution in [3.8, 4) is 0 Å². The molecule has 1 aromatic rings. The molecule has 0 bridgehead atoms. The van der Waals surface area contributed by atoms with E-state index in [1.54, 1.807) is 6.08 Å². The summed E-state index contributed by atoms with van der Waals surface area (Å²) in [4.78, 5) is 11.7. The van der Waals surface area contributed by atoms with Crippen LogP contribution in [0.15, 0.2) is 30.3 Å². The Morgan fingerprint density at radius 1 is 1.47 bits per heavy atom. The standard InChI is InChI=1S/C16H21NO2/c1-12-4-2-5-13(10-12)8-9-16(19)17-11-14-6-3-7-15(14)18/h2,4-5,8-10,14-15,18H,3,6-7,11H2,1H3,(H,17,19). The lowest BCUT2D eigenvalue weighted by atomic mass is 10.1. The van der Waals surface area contributed by atoms with Crippen LogP contribution in [0.3, 0.4) is 0 Å². The largest absolute Gasteiger partial charge is 0.393 e. The fourth-order valence-electron chi connectivity index (χ4n) is 2.49. The molecule has 2 N–H and O–H groups in total. The van der Waals surface area contributed by atoms with Crippen molar-refractivity contribution in [2.45, 2.75) is 32.3 Å². The molecule has 0 radical (unpaired) electrons. The minimum absolute atomic E-state index is 0.0967. The van der Waals surface area contributed by atoms with Gasteiger partial charge in [-0.05, 0) is 31.4 Å². The molecule has 2 unspecified atom stereocenters. The summed E-state index contributed by atoms with van der Waals surface area (Å²) in [6, 6.07) is 8.00. The van der Waals surface area contributed by atoms with Crippen molar-refractivity contribution < 1.29 is 9.90 Å². The first-order chi connectivity index (χ1) is 9.15. The SMILES string of the molecule is Cc1cccc(C=CC(=O)NCC2CCCC2O)c1. The Kier molecular flexibility index (Phi) is 4.74. The summed E-state index contributed by atoms with van der Waals surface area (Å²) in [5.74, 6) is 0.122. The number of hydrogen-bond acceptors (Lipinski definition) is 2. The van der Waals surface area contributed by atoms with Crippen LogP contribution in [0.2, 0.25) is 0 Å².